The van der Waals surface area contributed by atoms with Gasteiger partial charge in [-0.15, -0.1) is 15.3 Å². The Kier molecular flexibility index (Phi) is 4.60. The fourth-order valence-electron chi connectivity index (χ4n) is 1.60. The van der Waals surface area contributed by atoms with Crippen LogP contribution < -0.4 is 5.49 Å². The molecule has 0 N–H and O–H groups in total. The van der Waals surface area contributed by atoms with Gasteiger partial charge in [0.1, 0.15) is 0 Å². The molecule has 20 heavy (non-hydrogen) atoms. The van der Waals surface area contributed by atoms with Gasteiger partial charge in [-0.05, 0) is 31.2 Å². The summed E-state index contributed by atoms with van der Waals surface area (Å²) in [6, 6.07) is 5.74. The molecule has 1 aromatic rings. The Hall–Kier alpha value is -2.50. The fraction of sp³-hybridized carbons (Fsp3) is 0.286. The Balaban J connectivity index is 2.09. The lowest BCUT2D eigenvalue weighted by atomic mass is 10.3. The van der Waals surface area contributed by atoms with Gasteiger partial charge in [-0.1, -0.05) is 12.1 Å². The standard InChI is InChI=1S/C14H18N6/c1-12(15-17-13-8-4-6-10-19(13)2)16-18-14-9-5-7-11-20(14)3/h4-11,13H,1-3H3/b16-12+,17-15?,18-14+. The number of aryl methyl sites for hydroxylation is 1. The summed E-state index contributed by atoms with van der Waals surface area (Å²) < 4.78 is 1.89. The van der Waals surface area contributed by atoms with E-state index in [1.165, 1.54) is 0 Å². The highest BCUT2D eigenvalue weighted by molar-refractivity contribution is 5.79. The van der Waals surface area contributed by atoms with Crippen molar-refractivity contribution in [2.24, 2.45) is 27.5 Å². The monoisotopic (exact) mass is 270 g/mol. The first-order valence-corrected chi connectivity index (χ1v) is 6.34. The predicted octanol–water partition coefficient (Wildman–Crippen LogP) is 2.05. The highest BCUT2D eigenvalue weighted by atomic mass is 15.3. The van der Waals surface area contributed by atoms with Gasteiger partial charge in [-0.25, -0.2) is 0 Å². The van der Waals surface area contributed by atoms with E-state index in [1.54, 1.807) is 6.92 Å². The van der Waals surface area contributed by atoms with Gasteiger partial charge in [0, 0.05) is 26.5 Å². The quantitative estimate of drug-likeness (QED) is 0.351. The van der Waals surface area contributed by atoms with Gasteiger partial charge in [-0.3, -0.25) is 0 Å². The van der Waals surface area contributed by atoms with Crippen LogP contribution in [0.2, 0.25) is 0 Å². The molecule has 1 aliphatic heterocycles. The van der Waals surface area contributed by atoms with Gasteiger partial charge >= 0.3 is 0 Å². The molecule has 1 unspecified atom stereocenters. The van der Waals surface area contributed by atoms with Crippen LogP contribution in [-0.2, 0) is 7.05 Å². The first-order valence-electron chi connectivity index (χ1n) is 6.34. The summed E-state index contributed by atoms with van der Waals surface area (Å²) in [5.74, 6) is 0.519. The number of nitrogens with zero attached hydrogens (tertiary/aromatic N) is 6. The largest absolute Gasteiger partial charge is 0.354 e. The molecule has 104 valence electrons. The maximum absolute atomic E-state index is 4.21. The van der Waals surface area contributed by atoms with Crippen molar-refractivity contribution >= 4 is 5.84 Å². The third-order valence-corrected chi connectivity index (χ3v) is 2.78. The highest BCUT2D eigenvalue weighted by Gasteiger charge is 2.07. The summed E-state index contributed by atoms with van der Waals surface area (Å²) >= 11 is 0. The predicted molar refractivity (Wildman–Crippen MR) is 78.8 cm³/mol. The first-order chi connectivity index (χ1) is 9.66. The SMILES string of the molecule is C/C(N=NC1C=CC=CN1C)=N\N=c1/ccccn1C. The Labute approximate surface area is 118 Å². The van der Waals surface area contributed by atoms with E-state index in [1.807, 2.05) is 72.4 Å². The summed E-state index contributed by atoms with van der Waals surface area (Å²) in [6.07, 6.45) is 9.65. The summed E-state index contributed by atoms with van der Waals surface area (Å²) in [5.41, 5.74) is 0.764. The molecule has 0 aliphatic carbocycles. The number of amidine groups is 1. The molecule has 0 bridgehead atoms. The molecular weight excluding hydrogens is 252 g/mol. The topological polar surface area (TPSA) is 57.6 Å². The maximum atomic E-state index is 4.21. The third kappa shape index (κ3) is 3.74. The summed E-state index contributed by atoms with van der Waals surface area (Å²) in [7, 11) is 3.86. The minimum absolute atomic E-state index is 0.0852. The zero-order chi connectivity index (χ0) is 14.4. The van der Waals surface area contributed by atoms with E-state index >= 15 is 0 Å². The van der Waals surface area contributed by atoms with Crippen molar-refractivity contribution in [3.8, 4) is 0 Å². The van der Waals surface area contributed by atoms with Gasteiger partial charge < -0.3 is 9.47 Å². The van der Waals surface area contributed by atoms with Crippen LogP contribution in [0.5, 0.6) is 0 Å². The molecule has 1 atom stereocenters. The zero-order valence-corrected chi connectivity index (χ0v) is 11.9. The van der Waals surface area contributed by atoms with E-state index in [0.29, 0.717) is 5.84 Å². The molecule has 1 aromatic heterocycles. The highest BCUT2D eigenvalue weighted by Crippen LogP contribution is 2.07. The van der Waals surface area contributed by atoms with Crippen LogP contribution >= 0.6 is 0 Å². The van der Waals surface area contributed by atoms with E-state index in [-0.39, 0.29) is 6.17 Å². The minimum atomic E-state index is -0.0852. The summed E-state index contributed by atoms with van der Waals surface area (Å²) in [4.78, 5) is 1.96. The summed E-state index contributed by atoms with van der Waals surface area (Å²) in [5, 5.41) is 16.5. The smallest absolute Gasteiger partial charge is 0.170 e. The van der Waals surface area contributed by atoms with Crippen molar-refractivity contribution in [1.82, 2.24) is 9.47 Å². The second-order valence-corrected chi connectivity index (χ2v) is 4.44. The lowest BCUT2D eigenvalue weighted by molar-refractivity contribution is 0.380. The number of allylic oxidation sites excluding steroid dienone is 2. The minimum Gasteiger partial charge on any atom is -0.354 e. The molecule has 6 heteroatoms. The number of hydrogen-bond acceptors (Lipinski definition) is 4. The molecular formula is C14H18N6. The van der Waals surface area contributed by atoms with Crippen LogP contribution in [0.3, 0.4) is 0 Å². The van der Waals surface area contributed by atoms with Gasteiger partial charge in [-0.2, -0.15) is 5.11 Å². The Bertz CT molecular complexity index is 635. The van der Waals surface area contributed by atoms with E-state index in [0.717, 1.165) is 5.49 Å². The summed E-state index contributed by atoms with van der Waals surface area (Å²) in [6.45, 7) is 1.78. The molecule has 0 spiro atoms. The van der Waals surface area contributed by atoms with Crippen LogP contribution in [0.15, 0.2) is 69.3 Å². The Morgan fingerprint density at radius 1 is 1.20 bits per heavy atom. The van der Waals surface area contributed by atoms with Crippen LogP contribution in [0.4, 0.5) is 0 Å². The van der Waals surface area contributed by atoms with Crippen LogP contribution in [-0.4, -0.2) is 28.5 Å². The lowest BCUT2D eigenvalue weighted by Crippen LogP contribution is -2.24. The molecule has 0 saturated carbocycles. The number of hydrogen-bond donors (Lipinski definition) is 0. The second kappa shape index (κ2) is 6.60. The molecule has 1 aliphatic rings. The maximum Gasteiger partial charge on any atom is 0.170 e. The van der Waals surface area contributed by atoms with Crippen molar-refractivity contribution in [2.45, 2.75) is 13.1 Å². The third-order valence-electron chi connectivity index (χ3n) is 2.78. The first kappa shape index (κ1) is 13.9. The Morgan fingerprint density at radius 2 is 2.05 bits per heavy atom. The average Bonchev–Trinajstić information content (AvgIpc) is 2.45. The number of rotatable bonds is 2. The van der Waals surface area contributed by atoms with Crippen molar-refractivity contribution in [3.05, 3.63) is 54.3 Å². The number of aromatic nitrogens is 1. The molecule has 6 nitrogen and oxygen atoms in total. The lowest BCUT2D eigenvalue weighted by Gasteiger charge is -2.20. The molecule has 0 aromatic carbocycles. The van der Waals surface area contributed by atoms with Crippen molar-refractivity contribution in [3.63, 3.8) is 0 Å². The van der Waals surface area contributed by atoms with E-state index in [2.05, 4.69) is 20.4 Å². The second-order valence-electron chi connectivity index (χ2n) is 4.44. The van der Waals surface area contributed by atoms with Crippen molar-refractivity contribution in [1.29, 1.82) is 0 Å². The van der Waals surface area contributed by atoms with Gasteiger partial charge in [0.25, 0.3) is 0 Å². The number of pyridine rings is 1. The molecule has 0 fully saturated rings. The van der Waals surface area contributed by atoms with Crippen molar-refractivity contribution < 1.29 is 0 Å². The molecule has 0 amide bonds. The fourth-order valence-corrected chi connectivity index (χ4v) is 1.60. The van der Waals surface area contributed by atoms with Crippen LogP contribution in [0.1, 0.15) is 6.92 Å². The Morgan fingerprint density at radius 3 is 2.80 bits per heavy atom. The van der Waals surface area contributed by atoms with Gasteiger partial charge in [0.15, 0.2) is 17.5 Å². The van der Waals surface area contributed by atoms with Crippen LogP contribution in [0.25, 0.3) is 0 Å². The number of likely N-dealkylation sites (N-methyl/N-ethyl adjacent to an activating group) is 1. The van der Waals surface area contributed by atoms with Crippen molar-refractivity contribution in [2.75, 3.05) is 7.05 Å². The molecule has 0 saturated heterocycles. The van der Waals surface area contributed by atoms with E-state index < -0.39 is 0 Å². The molecule has 2 rings (SSSR count). The molecule has 0 radical (unpaired) electrons. The van der Waals surface area contributed by atoms with E-state index in [9.17, 15) is 0 Å². The normalized spacial score (nSPS) is 20.1. The molecule has 2 heterocycles. The average molecular weight is 270 g/mol. The van der Waals surface area contributed by atoms with E-state index in [4.69, 9.17) is 0 Å². The van der Waals surface area contributed by atoms with Crippen LogP contribution in [0, 0.1) is 0 Å². The van der Waals surface area contributed by atoms with Gasteiger partial charge in [0.05, 0.1) is 0 Å². The zero-order valence-electron chi connectivity index (χ0n) is 11.9. The van der Waals surface area contributed by atoms with Gasteiger partial charge in [0.2, 0.25) is 0 Å². The number of azo groups is 1.